The van der Waals surface area contributed by atoms with E-state index < -0.39 is 18.8 Å². The average Bonchev–Trinajstić information content (AvgIpc) is 2.06. The molecule has 0 N–H and O–H groups in total. The molecule has 0 saturated carbocycles. The molecule has 1 rings (SSSR count). The normalized spacial score (nSPS) is 24.6. The summed E-state index contributed by atoms with van der Waals surface area (Å²) in [7, 11) is 0. The minimum atomic E-state index is -1.02. The molecule has 60 valence electrons. The molecule has 0 aromatic heterocycles. The third kappa shape index (κ3) is 1.44. The molecule has 1 aliphatic heterocycles. The largest absolute Gasteiger partial charge is 0.355 e. The van der Waals surface area contributed by atoms with Gasteiger partial charge in [-0.1, -0.05) is 0 Å². The fourth-order valence-corrected chi connectivity index (χ4v) is 0.807. The highest BCUT2D eigenvalue weighted by atomic mass is 19.1. The lowest BCUT2D eigenvalue weighted by Gasteiger charge is -2.31. The molecule has 1 fully saturated rings. The van der Waals surface area contributed by atoms with E-state index >= 15 is 0 Å². The highest BCUT2D eigenvalue weighted by Crippen LogP contribution is 2.23. The van der Waals surface area contributed by atoms with Crippen LogP contribution in [0.4, 0.5) is 8.78 Å². The molecule has 0 bridgehead atoms. The van der Waals surface area contributed by atoms with E-state index in [1.54, 1.807) is 0 Å². The first kappa shape index (κ1) is 7.88. The van der Waals surface area contributed by atoms with Crippen molar-refractivity contribution in [1.29, 1.82) is 0 Å². The Hall–Kier alpha value is -0.220. The topological polar surface area (TPSA) is 18.5 Å². The smallest absolute Gasteiger partial charge is 0.146 e. The molecule has 0 aromatic rings. The summed E-state index contributed by atoms with van der Waals surface area (Å²) in [6.07, 6.45) is 0. The Morgan fingerprint density at radius 1 is 1.10 bits per heavy atom. The van der Waals surface area contributed by atoms with Crippen molar-refractivity contribution in [3.8, 4) is 0 Å². The Labute approximate surface area is 58.1 Å². The highest BCUT2D eigenvalue weighted by Gasteiger charge is 2.34. The van der Waals surface area contributed by atoms with Crippen LogP contribution in [0.5, 0.6) is 0 Å². The third-order valence-corrected chi connectivity index (χ3v) is 1.55. The molecule has 1 heterocycles. The first-order valence-corrected chi connectivity index (χ1v) is 3.10. The van der Waals surface area contributed by atoms with Crippen molar-refractivity contribution in [3.63, 3.8) is 0 Å². The van der Waals surface area contributed by atoms with E-state index in [1.165, 1.54) is 0 Å². The molecular formula is C6H10F2O2. The van der Waals surface area contributed by atoms with Gasteiger partial charge in [0.05, 0.1) is 18.6 Å². The number of rotatable bonds is 2. The molecular weight excluding hydrogens is 142 g/mol. The molecule has 10 heavy (non-hydrogen) atoms. The molecule has 1 aliphatic rings. The molecule has 0 atom stereocenters. The monoisotopic (exact) mass is 152 g/mol. The van der Waals surface area contributed by atoms with Gasteiger partial charge in [-0.3, -0.25) is 8.78 Å². The van der Waals surface area contributed by atoms with Crippen LogP contribution in [0.15, 0.2) is 0 Å². The lowest BCUT2D eigenvalue weighted by molar-refractivity contribution is -0.174. The highest BCUT2D eigenvalue weighted by molar-refractivity contribution is 4.78. The maximum Gasteiger partial charge on any atom is 0.146 e. The fraction of sp³-hybridized carbons (Fsp3) is 1.00. The van der Waals surface area contributed by atoms with Crippen LogP contribution in [0, 0.1) is 5.41 Å². The SMILES string of the molecule is FCC1(CF)COCOC1. The van der Waals surface area contributed by atoms with Crippen molar-refractivity contribution in [2.75, 3.05) is 33.4 Å². The van der Waals surface area contributed by atoms with Gasteiger partial charge in [0, 0.05) is 0 Å². The number of alkyl halides is 2. The second kappa shape index (κ2) is 3.25. The summed E-state index contributed by atoms with van der Waals surface area (Å²) >= 11 is 0. The van der Waals surface area contributed by atoms with Crippen LogP contribution >= 0.6 is 0 Å². The van der Waals surface area contributed by atoms with Gasteiger partial charge >= 0.3 is 0 Å². The van der Waals surface area contributed by atoms with Crippen LogP contribution in [0.1, 0.15) is 0 Å². The third-order valence-electron chi connectivity index (χ3n) is 1.55. The van der Waals surface area contributed by atoms with Crippen molar-refractivity contribution in [2.24, 2.45) is 5.41 Å². The van der Waals surface area contributed by atoms with Crippen LogP contribution < -0.4 is 0 Å². The fourth-order valence-electron chi connectivity index (χ4n) is 0.807. The first-order valence-electron chi connectivity index (χ1n) is 3.10. The van der Waals surface area contributed by atoms with Gasteiger partial charge in [-0.2, -0.15) is 0 Å². The number of hydrogen-bond acceptors (Lipinski definition) is 2. The predicted molar refractivity (Wildman–Crippen MR) is 31.2 cm³/mol. The van der Waals surface area contributed by atoms with E-state index in [-0.39, 0.29) is 20.0 Å². The van der Waals surface area contributed by atoms with Crippen molar-refractivity contribution >= 4 is 0 Å². The zero-order valence-corrected chi connectivity index (χ0v) is 5.61. The van der Waals surface area contributed by atoms with Crippen molar-refractivity contribution < 1.29 is 18.3 Å². The zero-order valence-electron chi connectivity index (χ0n) is 5.61. The predicted octanol–water partition coefficient (Wildman–Crippen LogP) is 0.916. The van der Waals surface area contributed by atoms with Crippen molar-refractivity contribution in [1.82, 2.24) is 0 Å². The molecule has 0 aromatic carbocycles. The van der Waals surface area contributed by atoms with Gasteiger partial charge in [0.25, 0.3) is 0 Å². The summed E-state index contributed by atoms with van der Waals surface area (Å²) < 4.78 is 33.8. The molecule has 4 heteroatoms. The summed E-state index contributed by atoms with van der Waals surface area (Å²) in [6, 6.07) is 0. The van der Waals surface area contributed by atoms with Crippen LogP contribution in [0.3, 0.4) is 0 Å². The Kier molecular flexibility index (Phi) is 2.56. The summed E-state index contributed by atoms with van der Waals surface area (Å²) in [5.74, 6) is 0. The van der Waals surface area contributed by atoms with Crippen molar-refractivity contribution in [3.05, 3.63) is 0 Å². The van der Waals surface area contributed by atoms with E-state index in [0.717, 1.165) is 0 Å². The molecule has 0 amide bonds. The number of halogens is 2. The van der Waals surface area contributed by atoms with E-state index in [4.69, 9.17) is 9.47 Å². The van der Waals surface area contributed by atoms with Gasteiger partial charge < -0.3 is 9.47 Å². The van der Waals surface area contributed by atoms with Crippen LogP contribution in [-0.4, -0.2) is 33.4 Å². The Bertz CT molecular complexity index is 95.9. The molecule has 1 saturated heterocycles. The van der Waals surface area contributed by atoms with E-state index in [9.17, 15) is 8.78 Å². The Morgan fingerprint density at radius 2 is 1.60 bits per heavy atom. The van der Waals surface area contributed by atoms with E-state index in [0.29, 0.717) is 0 Å². The standard InChI is InChI=1S/C6H10F2O2/c7-1-6(2-8)3-9-5-10-4-6/h1-5H2. The first-order chi connectivity index (χ1) is 4.83. The van der Waals surface area contributed by atoms with Crippen LogP contribution in [0.25, 0.3) is 0 Å². The minimum Gasteiger partial charge on any atom is -0.355 e. The minimum absolute atomic E-state index is 0.125. The second-order valence-electron chi connectivity index (χ2n) is 2.58. The average molecular weight is 152 g/mol. The van der Waals surface area contributed by atoms with E-state index in [2.05, 4.69) is 0 Å². The van der Waals surface area contributed by atoms with Crippen molar-refractivity contribution in [2.45, 2.75) is 0 Å². The van der Waals surface area contributed by atoms with E-state index in [1.807, 2.05) is 0 Å². The summed E-state index contributed by atoms with van der Waals surface area (Å²) in [5.41, 5.74) is -1.02. The Balaban J connectivity index is 2.44. The molecule has 2 nitrogen and oxygen atoms in total. The lowest BCUT2D eigenvalue weighted by atomic mass is 9.93. The van der Waals surface area contributed by atoms with Gasteiger partial charge in [0.1, 0.15) is 20.1 Å². The molecule has 0 unspecified atom stereocenters. The van der Waals surface area contributed by atoms with Gasteiger partial charge in [-0.05, 0) is 0 Å². The van der Waals surface area contributed by atoms with Gasteiger partial charge in [0.15, 0.2) is 0 Å². The quantitative estimate of drug-likeness (QED) is 0.585. The summed E-state index contributed by atoms with van der Waals surface area (Å²) in [5, 5.41) is 0. The summed E-state index contributed by atoms with van der Waals surface area (Å²) in [6.45, 7) is -1.03. The zero-order chi connectivity index (χ0) is 7.45. The van der Waals surface area contributed by atoms with Gasteiger partial charge in [0.2, 0.25) is 0 Å². The number of ether oxygens (including phenoxy) is 2. The van der Waals surface area contributed by atoms with Gasteiger partial charge in [-0.15, -0.1) is 0 Å². The maximum atomic E-state index is 12.1. The second-order valence-corrected chi connectivity index (χ2v) is 2.58. The maximum absolute atomic E-state index is 12.1. The summed E-state index contributed by atoms with van der Waals surface area (Å²) in [4.78, 5) is 0. The number of hydrogen-bond donors (Lipinski definition) is 0. The molecule has 0 aliphatic carbocycles. The lowest BCUT2D eigenvalue weighted by Crippen LogP contribution is -2.41. The molecule has 0 spiro atoms. The van der Waals surface area contributed by atoms with Gasteiger partial charge in [-0.25, -0.2) is 0 Å². The van der Waals surface area contributed by atoms with Crippen LogP contribution in [-0.2, 0) is 9.47 Å². The van der Waals surface area contributed by atoms with Crippen LogP contribution in [0.2, 0.25) is 0 Å². The Morgan fingerprint density at radius 3 is 1.90 bits per heavy atom. The molecule has 0 radical (unpaired) electrons.